The highest BCUT2D eigenvalue weighted by atomic mass is 15.1. The lowest BCUT2D eigenvalue weighted by atomic mass is 10.1. The fraction of sp³-hybridized carbons (Fsp3) is 0.214. The molecule has 0 atom stereocenters. The minimum Gasteiger partial charge on any atom is -0.384 e. The van der Waals surface area contributed by atoms with E-state index in [0.29, 0.717) is 5.82 Å². The molecule has 0 bridgehead atoms. The molecular weight excluding hydrogens is 210 g/mol. The van der Waals surface area contributed by atoms with Crippen molar-refractivity contribution in [2.45, 2.75) is 13.5 Å². The molecule has 0 saturated carbocycles. The summed E-state index contributed by atoms with van der Waals surface area (Å²) in [7, 11) is 2.08. The van der Waals surface area contributed by atoms with E-state index in [1.165, 1.54) is 16.8 Å². The summed E-state index contributed by atoms with van der Waals surface area (Å²) in [4.78, 5) is 6.21. The SMILES string of the molecule is Cc1ccccc1N(C)Cc1ccnc(N)c1. The number of aryl methyl sites for hydroxylation is 1. The fourth-order valence-corrected chi connectivity index (χ4v) is 1.94. The van der Waals surface area contributed by atoms with E-state index in [1.54, 1.807) is 6.20 Å². The van der Waals surface area contributed by atoms with Gasteiger partial charge in [-0.25, -0.2) is 4.98 Å². The van der Waals surface area contributed by atoms with Crippen LogP contribution in [0.2, 0.25) is 0 Å². The van der Waals surface area contributed by atoms with E-state index in [0.717, 1.165) is 6.54 Å². The van der Waals surface area contributed by atoms with Crippen LogP contribution in [0.25, 0.3) is 0 Å². The van der Waals surface area contributed by atoms with Crippen molar-refractivity contribution in [3.05, 3.63) is 53.7 Å². The summed E-state index contributed by atoms with van der Waals surface area (Å²) in [5, 5.41) is 0. The largest absolute Gasteiger partial charge is 0.384 e. The smallest absolute Gasteiger partial charge is 0.123 e. The Hall–Kier alpha value is -2.03. The lowest BCUT2D eigenvalue weighted by Crippen LogP contribution is -2.17. The van der Waals surface area contributed by atoms with Gasteiger partial charge < -0.3 is 10.6 Å². The molecule has 0 radical (unpaired) electrons. The summed E-state index contributed by atoms with van der Waals surface area (Å²) < 4.78 is 0. The molecule has 17 heavy (non-hydrogen) atoms. The second kappa shape index (κ2) is 4.87. The van der Waals surface area contributed by atoms with Gasteiger partial charge in [-0.05, 0) is 36.2 Å². The second-order valence-electron chi connectivity index (χ2n) is 4.23. The van der Waals surface area contributed by atoms with Gasteiger partial charge in [0.25, 0.3) is 0 Å². The monoisotopic (exact) mass is 227 g/mol. The minimum atomic E-state index is 0.570. The molecule has 1 aromatic carbocycles. The van der Waals surface area contributed by atoms with E-state index in [1.807, 2.05) is 12.1 Å². The van der Waals surface area contributed by atoms with Gasteiger partial charge in [0.05, 0.1) is 0 Å². The number of hydrogen-bond donors (Lipinski definition) is 1. The predicted octanol–water partition coefficient (Wildman–Crippen LogP) is 2.61. The molecule has 0 amide bonds. The maximum Gasteiger partial charge on any atom is 0.123 e. The average Bonchev–Trinajstić information content (AvgIpc) is 2.29. The van der Waals surface area contributed by atoms with Gasteiger partial charge in [-0.15, -0.1) is 0 Å². The Morgan fingerprint density at radius 2 is 2.00 bits per heavy atom. The van der Waals surface area contributed by atoms with Gasteiger partial charge in [0.2, 0.25) is 0 Å². The molecule has 0 fully saturated rings. The van der Waals surface area contributed by atoms with Gasteiger partial charge in [0.1, 0.15) is 5.82 Å². The molecule has 2 N–H and O–H groups in total. The highest BCUT2D eigenvalue weighted by Gasteiger charge is 2.04. The van der Waals surface area contributed by atoms with Crippen LogP contribution in [0.1, 0.15) is 11.1 Å². The number of hydrogen-bond acceptors (Lipinski definition) is 3. The average molecular weight is 227 g/mol. The summed E-state index contributed by atoms with van der Waals surface area (Å²) in [6.45, 7) is 2.95. The number of pyridine rings is 1. The first-order valence-corrected chi connectivity index (χ1v) is 5.64. The van der Waals surface area contributed by atoms with Crippen molar-refractivity contribution in [3.63, 3.8) is 0 Å². The van der Waals surface area contributed by atoms with E-state index in [2.05, 4.69) is 48.1 Å². The van der Waals surface area contributed by atoms with Crippen LogP contribution in [-0.2, 0) is 6.54 Å². The molecule has 2 aromatic rings. The summed E-state index contributed by atoms with van der Waals surface area (Å²) in [5.74, 6) is 0.570. The van der Waals surface area contributed by atoms with Crippen molar-refractivity contribution < 1.29 is 0 Å². The maximum atomic E-state index is 5.67. The molecule has 2 rings (SSSR count). The zero-order valence-corrected chi connectivity index (χ0v) is 10.2. The molecular formula is C14H17N3. The number of nitrogens with zero attached hydrogens (tertiary/aromatic N) is 2. The van der Waals surface area contributed by atoms with E-state index >= 15 is 0 Å². The zero-order chi connectivity index (χ0) is 12.3. The van der Waals surface area contributed by atoms with Crippen molar-refractivity contribution in [1.82, 2.24) is 4.98 Å². The fourth-order valence-electron chi connectivity index (χ4n) is 1.94. The first-order chi connectivity index (χ1) is 8.16. The van der Waals surface area contributed by atoms with Crippen molar-refractivity contribution in [2.75, 3.05) is 17.7 Å². The van der Waals surface area contributed by atoms with Crippen LogP contribution in [0, 0.1) is 6.92 Å². The Bertz CT molecular complexity index is 508. The quantitative estimate of drug-likeness (QED) is 0.876. The molecule has 0 saturated heterocycles. The van der Waals surface area contributed by atoms with Crippen molar-refractivity contribution in [2.24, 2.45) is 0 Å². The molecule has 0 aliphatic carbocycles. The van der Waals surface area contributed by atoms with Gasteiger partial charge >= 0.3 is 0 Å². The van der Waals surface area contributed by atoms with Crippen molar-refractivity contribution >= 4 is 11.5 Å². The third kappa shape index (κ3) is 2.75. The molecule has 3 heteroatoms. The number of nitrogens with two attached hydrogens (primary N) is 1. The Balaban J connectivity index is 2.17. The lowest BCUT2D eigenvalue weighted by Gasteiger charge is -2.21. The molecule has 1 aromatic heterocycles. The first-order valence-electron chi connectivity index (χ1n) is 5.64. The topological polar surface area (TPSA) is 42.2 Å². The third-order valence-corrected chi connectivity index (χ3v) is 2.79. The Morgan fingerprint density at radius 3 is 2.71 bits per heavy atom. The molecule has 3 nitrogen and oxygen atoms in total. The number of nitrogen functional groups attached to an aromatic ring is 1. The summed E-state index contributed by atoms with van der Waals surface area (Å²) in [6, 6.07) is 12.3. The second-order valence-corrected chi connectivity index (χ2v) is 4.23. The number of rotatable bonds is 3. The van der Waals surface area contributed by atoms with Crippen LogP contribution in [-0.4, -0.2) is 12.0 Å². The van der Waals surface area contributed by atoms with Crippen LogP contribution in [0.15, 0.2) is 42.6 Å². The van der Waals surface area contributed by atoms with Crippen LogP contribution in [0.4, 0.5) is 11.5 Å². The van der Waals surface area contributed by atoms with Crippen LogP contribution < -0.4 is 10.6 Å². The molecule has 0 aliphatic rings. The maximum absolute atomic E-state index is 5.67. The van der Waals surface area contributed by atoms with E-state index < -0.39 is 0 Å². The minimum absolute atomic E-state index is 0.570. The number of benzene rings is 1. The van der Waals surface area contributed by atoms with Gasteiger partial charge in [0.15, 0.2) is 0 Å². The zero-order valence-electron chi connectivity index (χ0n) is 10.2. The van der Waals surface area contributed by atoms with Crippen molar-refractivity contribution in [1.29, 1.82) is 0 Å². The standard InChI is InChI=1S/C14H17N3/c1-11-5-3-4-6-13(11)17(2)10-12-7-8-16-14(15)9-12/h3-9H,10H2,1-2H3,(H2,15,16). The Kier molecular flexibility index (Phi) is 3.28. The molecule has 0 unspecified atom stereocenters. The number of aromatic nitrogens is 1. The summed E-state index contributed by atoms with van der Waals surface area (Å²) in [6.07, 6.45) is 1.75. The normalized spacial score (nSPS) is 10.2. The lowest BCUT2D eigenvalue weighted by molar-refractivity contribution is 0.915. The van der Waals surface area contributed by atoms with Crippen molar-refractivity contribution in [3.8, 4) is 0 Å². The van der Waals surface area contributed by atoms with E-state index in [-0.39, 0.29) is 0 Å². The van der Waals surface area contributed by atoms with E-state index in [4.69, 9.17) is 5.73 Å². The molecule has 0 aliphatic heterocycles. The molecule has 1 heterocycles. The molecule has 88 valence electrons. The predicted molar refractivity (Wildman–Crippen MR) is 71.9 cm³/mol. The van der Waals surface area contributed by atoms with Crippen LogP contribution >= 0.6 is 0 Å². The van der Waals surface area contributed by atoms with Gasteiger partial charge in [-0.3, -0.25) is 0 Å². The highest BCUT2D eigenvalue weighted by molar-refractivity contribution is 5.52. The highest BCUT2D eigenvalue weighted by Crippen LogP contribution is 2.19. The Morgan fingerprint density at radius 1 is 1.24 bits per heavy atom. The number of anilines is 2. The third-order valence-electron chi connectivity index (χ3n) is 2.79. The Labute approximate surface area is 102 Å². The van der Waals surface area contributed by atoms with Crippen LogP contribution in [0.3, 0.4) is 0 Å². The van der Waals surface area contributed by atoms with E-state index in [9.17, 15) is 0 Å². The molecule has 0 spiro atoms. The van der Waals surface area contributed by atoms with Gasteiger partial charge in [0, 0.05) is 25.5 Å². The van der Waals surface area contributed by atoms with Gasteiger partial charge in [-0.2, -0.15) is 0 Å². The first kappa shape index (κ1) is 11.5. The summed E-state index contributed by atoms with van der Waals surface area (Å²) >= 11 is 0. The van der Waals surface area contributed by atoms with Gasteiger partial charge in [-0.1, -0.05) is 18.2 Å². The number of para-hydroxylation sites is 1. The van der Waals surface area contributed by atoms with Crippen LogP contribution in [0.5, 0.6) is 0 Å². The summed E-state index contributed by atoms with van der Waals surface area (Å²) in [5.41, 5.74) is 9.36.